The van der Waals surface area contributed by atoms with Crippen LogP contribution in [-0.4, -0.2) is 50.8 Å². The number of para-hydroxylation sites is 1. The standard InChI is InChI=1S/C43H41IN4O4/c1-45-34-23-17-31(18-24-34)40(49)46(2)35-25-19-33(20-26-35)42(51)47(36-13-8-7-9-14-36)29-10-5-3-4-6-11-30-48(43(52)38-15-12-16-39(38)44)37-27-21-32(22-28-37)41(45)50/h3-4,7-9,12-28,38H,5-6,10-11,29-30H2,1-2H3/b4-3-. The molecule has 8 nitrogen and oxygen atoms in total. The molecule has 0 radical (unpaired) electrons. The summed E-state index contributed by atoms with van der Waals surface area (Å²) in [5.41, 5.74) is 4.33. The van der Waals surface area contributed by atoms with Crippen LogP contribution >= 0.6 is 22.6 Å². The van der Waals surface area contributed by atoms with Crippen LogP contribution in [0.5, 0.6) is 0 Å². The van der Waals surface area contributed by atoms with E-state index in [0.717, 1.165) is 40.6 Å². The Balaban J connectivity index is 1.28. The number of nitrogens with zero attached hydrogens (tertiary/aromatic N) is 4. The van der Waals surface area contributed by atoms with Crippen molar-refractivity contribution < 1.29 is 19.2 Å². The zero-order chi connectivity index (χ0) is 36.6. The molecule has 0 fully saturated rings. The van der Waals surface area contributed by atoms with Crippen molar-refractivity contribution in [2.24, 2.45) is 5.92 Å². The normalized spacial score (nSPS) is 18.2. The Morgan fingerprint density at radius 2 is 1.08 bits per heavy atom. The second kappa shape index (κ2) is 16.8. The Morgan fingerprint density at radius 1 is 0.596 bits per heavy atom. The smallest absolute Gasteiger partial charge is 0.258 e. The first-order chi connectivity index (χ1) is 25.2. The number of allylic oxidation sites excluding steroid dienone is 4. The molecule has 5 aliphatic heterocycles. The molecule has 1 unspecified atom stereocenters. The van der Waals surface area contributed by atoms with Crippen LogP contribution in [-0.2, 0) is 4.79 Å². The summed E-state index contributed by atoms with van der Waals surface area (Å²) in [4.78, 5) is 61.3. The zero-order valence-electron chi connectivity index (χ0n) is 29.3. The van der Waals surface area contributed by atoms with E-state index in [1.165, 1.54) is 0 Å². The van der Waals surface area contributed by atoms with Gasteiger partial charge in [-0.25, -0.2) is 0 Å². The summed E-state index contributed by atoms with van der Waals surface area (Å²) >= 11 is 2.22. The average Bonchev–Trinajstić information content (AvgIpc) is 3.63. The van der Waals surface area contributed by atoms with Crippen molar-refractivity contribution >= 4 is 69.0 Å². The highest BCUT2D eigenvalue weighted by atomic mass is 127. The number of carbonyl (C=O) groups excluding carboxylic acids is 4. The first kappa shape index (κ1) is 36.5. The Kier molecular flexibility index (Phi) is 11.8. The molecule has 6 aliphatic rings. The number of halogens is 1. The fourth-order valence-corrected chi connectivity index (χ4v) is 7.01. The molecule has 0 spiro atoms. The number of hydrogen-bond donors (Lipinski definition) is 0. The van der Waals surface area contributed by atoms with E-state index in [1.807, 2.05) is 65.6 Å². The minimum atomic E-state index is -0.323. The van der Waals surface area contributed by atoms with Crippen LogP contribution in [0.25, 0.3) is 0 Å². The van der Waals surface area contributed by atoms with E-state index < -0.39 is 0 Å². The molecule has 4 aromatic rings. The highest BCUT2D eigenvalue weighted by Crippen LogP contribution is 2.30. The van der Waals surface area contributed by atoms with Crippen LogP contribution in [0.1, 0.15) is 56.8 Å². The third kappa shape index (κ3) is 8.26. The van der Waals surface area contributed by atoms with Gasteiger partial charge in [-0.15, -0.1) is 0 Å². The summed E-state index contributed by atoms with van der Waals surface area (Å²) in [6, 6.07) is 30.8. The van der Waals surface area contributed by atoms with E-state index in [1.54, 1.807) is 89.5 Å². The molecule has 1 aliphatic carbocycles. The van der Waals surface area contributed by atoms with Crippen molar-refractivity contribution in [3.05, 3.63) is 154 Å². The maximum Gasteiger partial charge on any atom is 0.258 e. The van der Waals surface area contributed by atoms with Crippen molar-refractivity contribution in [3.63, 3.8) is 0 Å². The molecule has 264 valence electrons. The zero-order valence-corrected chi connectivity index (χ0v) is 31.5. The topological polar surface area (TPSA) is 81.2 Å². The van der Waals surface area contributed by atoms with E-state index >= 15 is 0 Å². The molecule has 0 aromatic heterocycles. The van der Waals surface area contributed by atoms with Crippen molar-refractivity contribution in [2.75, 3.05) is 46.8 Å². The summed E-state index contributed by atoms with van der Waals surface area (Å²) in [5.74, 6) is -0.861. The van der Waals surface area contributed by atoms with Crippen molar-refractivity contribution in [2.45, 2.75) is 25.7 Å². The Labute approximate surface area is 318 Å². The number of carbonyl (C=O) groups is 4. The lowest BCUT2D eigenvalue weighted by Gasteiger charge is -2.26. The highest BCUT2D eigenvalue weighted by Gasteiger charge is 2.27. The second-order valence-corrected chi connectivity index (χ2v) is 14.1. The van der Waals surface area contributed by atoms with Gasteiger partial charge in [-0.05, 0) is 133 Å². The molecular weight excluding hydrogens is 763 g/mol. The maximum atomic E-state index is 13.8. The van der Waals surface area contributed by atoms with E-state index in [-0.39, 0.29) is 29.5 Å². The van der Waals surface area contributed by atoms with Crippen LogP contribution in [0.15, 0.2) is 137 Å². The van der Waals surface area contributed by atoms with E-state index in [0.29, 0.717) is 41.2 Å². The lowest BCUT2D eigenvalue weighted by atomic mass is 10.1. The predicted molar refractivity (Wildman–Crippen MR) is 218 cm³/mol. The summed E-state index contributed by atoms with van der Waals surface area (Å²) < 4.78 is 0.974. The van der Waals surface area contributed by atoms with Crippen LogP contribution in [0.4, 0.5) is 22.7 Å². The summed E-state index contributed by atoms with van der Waals surface area (Å²) in [7, 11) is 3.39. The Hall–Kier alpha value is -5.29. The van der Waals surface area contributed by atoms with Crippen molar-refractivity contribution in [1.29, 1.82) is 0 Å². The molecular formula is C43H41IN4O4. The largest absolute Gasteiger partial charge is 0.312 e. The van der Waals surface area contributed by atoms with E-state index in [4.69, 9.17) is 0 Å². The molecule has 4 aromatic carbocycles. The van der Waals surface area contributed by atoms with Crippen molar-refractivity contribution in [3.8, 4) is 0 Å². The molecule has 4 amide bonds. The van der Waals surface area contributed by atoms with Gasteiger partial charge in [0.25, 0.3) is 17.7 Å². The molecule has 9 heteroatoms. The number of anilines is 4. The molecule has 10 rings (SSSR count). The van der Waals surface area contributed by atoms with Gasteiger partial charge in [-0.3, -0.25) is 19.2 Å². The highest BCUT2D eigenvalue weighted by molar-refractivity contribution is 14.1. The molecule has 1 atom stereocenters. The van der Waals surface area contributed by atoms with Gasteiger partial charge < -0.3 is 19.6 Å². The van der Waals surface area contributed by atoms with Gasteiger partial charge in [-0.1, -0.05) is 48.6 Å². The lowest BCUT2D eigenvalue weighted by Crippen LogP contribution is -2.36. The van der Waals surface area contributed by atoms with Gasteiger partial charge in [0, 0.05) is 70.2 Å². The summed E-state index contributed by atoms with van der Waals surface area (Å²) in [5, 5.41) is 0. The van der Waals surface area contributed by atoms with Gasteiger partial charge in [0.1, 0.15) is 0 Å². The fourth-order valence-electron chi connectivity index (χ4n) is 6.33. The quantitative estimate of drug-likeness (QED) is 0.150. The summed E-state index contributed by atoms with van der Waals surface area (Å²) in [6.45, 7) is 1.07. The van der Waals surface area contributed by atoms with Gasteiger partial charge in [0.05, 0.1) is 5.92 Å². The molecule has 0 saturated heterocycles. The predicted octanol–water partition coefficient (Wildman–Crippen LogP) is 8.85. The number of amides is 4. The van der Waals surface area contributed by atoms with Crippen LogP contribution in [0, 0.1) is 5.92 Å². The second-order valence-electron chi connectivity index (χ2n) is 12.8. The van der Waals surface area contributed by atoms with Gasteiger partial charge in [0.15, 0.2) is 0 Å². The molecule has 52 heavy (non-hydrogen) atoms. The van der Waals surface area contributed by atoms with Gasteiger partial charge in [-0.2, -0.15) is 0 Å². The van der Waals surface area contributed by atoms with Crippen molar-refractivity contribution in [1.82, 2.24) is 0 Å². The number of fused-ring (bicyclic) bond motifs is 1. The van der Waals surface area contributed by atoms with Crippen LogP contribution < -0.4 is 19.6 Å². The molecule has 6 bridgehead atoms. The molecule has 0 N–H and O–H groups in total. The lowest BCUT2D eigenvalue weighted by molar-refractivity contribution is -0.119. The Morgan fingerprint density at radius 3 is 1.58 bits per heavy atom. The summed E-state index contributed by atoms with van der Waals surface area (Å²) in [6.07, 6.45) is 13.2. The minimum Gasteiger partial charge on any atom is -0.312 e. The number of benzene rings is 4. The van der Waals surface area contributed by atoms with Gasteiger partial charge >= 0.3 is 0 Å². The maximum absolute atomic E-state index is 13.8. The van der Waals surface area contributed by atoms with E-state index in [9.17, 15) is 19.2 Å². The number of hydrogen-bond acceptors (Lipinski definition) is 4. The first-order valence-electron chi connectivity index (χ1n) is 17.5. The average molecular weight is 805 g/mol. The third-order valence-corrected chi connectivity index (χ3v) is 10.4. The van der Waals surface area contributed by atoms with Crippen LogP contribution in [0.2, 0.25) is 0 Å². The van der Waals surface area contributed by atoms with E-state index in [2.05, 4.69) is 34.7 Å². The molecule has 0 saturated carbocycles. The van der Waals surface area contributed by atoms with Crippen LogP contribution in [0.3, 0.4) is 0 Å². The third-order valence-electron chi connectivity index (χ3n) is 9.41. The minimum absolute atomic E-state index is 0.000900. The van der Waals surface area contributed by atoms with Gasteiger partial charge in [0.2, 0.25) is 5.91 Å². The SMILES string of the molecule is CN1C(=O)c2ccc(cc2)N(C(=O)C2C=CC=C2I)CCC/C=C\CCCN(c2ccccc2)C(=O)c2ccc(cc2)N(C)C(=O)c2ccc1cc2. The fraction of sp³-hybridized carbons (Fsp3) is 0.209. The number of rotatable bonds is 2. The molecule has 5 heterocycles. The first-order valence-corrected chi connectivity index (χ1v) is 18.5. The monoisotopic (exact) mass is 804 g/mol. The Bertz CT molecular complexity index is 2010.